The minimum Gasteiger partial charge on any atom is -0.396 e. The Morgan fingerprint density at radius 2 is 0.879 bits per heavy atom. The van der Waals surface area contributed by atoms with Crippen molar-refractivity contribution < 1.29 is 72.3 Å². The Balaban J connectivity index is 0.000000134. The number of anilines is 3. The van der Waals surface area contributed by atoms with Crippen LogP contribution in [0.4, 0.5) is 75.4 Å². The number of aliphatic hydroxyl groups is 1. The first-order valence-electron chi connectivity index (χ1n) is 29.6. The van der Waals surface area contributed by atoms with E-state index in [4.69, 9.17) is 5.73 Å². The van der Waals surface area contributed by atoms with E-state index in [1.54, 1.807) is 44.5 Å². The third kappa shape index (κ3) is 15.7. The van der Waals surface area contributed by atoms with Crippen LogP contribution in [-0.2, 0) is 23.7 Å². The summed E-state index contributed by atoms with van der Waals surface area (Å²) in [6.07, 6.45) is 14.8. The third-order valence-electron chi connectivity index (χ3n) is 15.6. The first-order chi connectivity index (χ1) is 47.2. The quantitative estimate of drug-likeness (QED) is 0.0276. The second kappa shape index (κ2) is 28.3. The van der Waals surface area contributed by atoms with E-state index in [0.717, 1.165) is 73.5 Å². The van der Waals surface area contributed by atoms with Crippen molar-refractivity contribution >= 4 is 127 Å². The van der Waals surface area contributed by atoms with Crippen LogP contribution >= 0.6 is 0 Å². The Morgan fingerprint density at radius 1 is 0.495 bits per heavy atom. The largest absolute Gasteiger partial charge is 0.396 e. The van der Waals surface area contributed by atoms with E-state index in [0.29, 0.717) is 101 Å². The molecule has 0 radical (unpaired) electrons. The Hall–Kier alpha value is -12.1. The smallest absolute Gasteiger partial charge is 0.305 e. The van der Waals surface area contributed by atoms with Gasteiger partial charge in [-0.05, 0) is 139 Å². The molecule has 2 fully saturated rings. The van der Waals surface area contributed by atoms with Gasteiger partial charge >= 0.3 is 5.69 Å². The van der Waals surface area contributed by atoms with Crippen molar-refractivity contribution in [3.05, 3.63) is 246 Å². The van der Waals surface area contributed by atoms with E-state index in [2.05, 4.69) is 41.2 Å². The van der Waals surface area contributed by atoms with Crippen LogP contribution < -0.4 is 16.4 Å². The molecule has 99 heavy (non-hydrogen) atoms. The maximum Gasteiger partial charge on any atom is 0.305 e. The summed E-state index contributed by atoms with van der Waals surface area (Å²) in [6, 6.07) is 24.3. The number of fused-ring (bicyclic) bond motifs is 4. The topological polar surface area (TPSA) is 241 Å². The molecule has 2 saturated carbocycles. The van der Waals surface area contributed by atoms with Crippen LogP contribution in [-0.4, -0.2) is 67.4 Å². The molecule has 2 aliphatic rings. The predicted molar refractivity (Wildman–Crippen MR) is 350 cm³/mol. The zero-order chi connectivity index (χ0) is 70.7. The Bertz CT molecular complexity index is 5320. The van der Waals surface area contributed by atoms with Crippen LogP contribution in [0.3, 0.4) is 0 Å². The maximum atomic E-state index is 14.2. The summed E-state index contributed by atoms with van der Waals surface area (Å²) in [7, 11) is 3.26. The SMILES string of the molecule is Cn1nc(/C=C/c2ccc(F)c(F)c2)c2cc(N)c(F)cc21.Cn1nc(/C=C/c2ccc(F)c(F)c2)c2cc([N+](=O)[O-])c(F)cc21.O=C(Nc1cc2c(/C=C/c3ccc(F)c(F)c3)n[nH]c2cc1F)C1(O)CC1.O=C(Nc1cc2c(/C=C/c3ccc(F)c(F)c3)n[nH]c2cc1F)C1CC1. The molecule has 4 aromatic heterocycles. The molecule has 504 valence electrons. The van der Waals surface area contributed by atoms with Crippen LogP contribution in [0.15, 0.2) is 121 Å². The fourth-order valence-corrected chi connectivity index (χ4v) is 9.89. The van der Waals surface area contributed by atoms with Gasteiger partial charge < -0.3 is 21.5 Å². The molecule has 12 aromatic rings. The molecule has 14 rings (SSSR count). The number of benzene rings is 8. The van der Waals surface area contributed by atoms with Crippen molar-refractivity contribution in [2.75, 3.05) is 16.4 Å². The van der Waals surface area contributed by atoms with Crippen molar-refractivity contribution in [3.63, 3.8) is 0 Å². The van der Waals surface area contributed by atoms with Gasteiger partial charge in [-0.1, -0.05) is 48.6 Å². The molecule has 0 bridgehead atoms. The Kier molecular flexibility index (Phi) is 19.5. The van der Waals surface area contributed by atoms with Crippen molar-refractivity contribution in [2.24, 2.45) is 20.0 Å². The summed E-state index contributed by atoms with van der Waals surface area (Å²) in [6.45, 7) is 0. The Morgan fingerprint density at radius 3 is 1.26 bits per heavy atom. The van der Waals surface area contributed by atoms with Gasteiger partial charge in [0, 0.05) is 71.9 Å². The lowest BCUT2D eigenvalue weighted by atomic mass is 10.1. The number of nitrogen functional groups attached to an aromatic ring is 1. The Labute approximate surface area is 551 Å². The van der Waals surface area contributed by atoms with E-state index in [9.17, 15) is 77.5 Å². The number of aryl methyl sites for hydroxylation is 2. The average molecular weight is 1370 g/mol. The third-order valence-corrected chi connectivity index (χ3v) is 15.6. The summed E-state index contributed by atoms with van der Waals surface area (Å²) in [5, 5.41) is 49.8. The second-order valence-electron chi connectivity index (χ2n) is 22.7. The molecule has 2 amide bonds. The number of amides is 2. The number of aromatic amines is 2. The number of hydrogen-bond donors (Lipinski definition) is 6. The number of nitro benzene ring substituents is 1. The van der Waals surface area contributed by atoms with Crippen LogP contribution in [0.5, 0.6) is 0 Å². The highest BCUT2D eigenvalue weighted by atomic mass is 19.2. The van der Waals surface area contributed by atoms with Gasteiger partial charge in [-0.15, -0.1) is 0 Å². The van der Waals surface area contributed by atoms with Crippen LogP contribution in [0.25, 0.3) is 92.2 Å². The predicted octanol–water partition coefficient (Wildman–Crippen LogP) is 15.9. The van der Waals surface area contributed by atoms with Gasteiger partial charge in [0.1, 0.15) is 23.1 Å². The molecule has 0 saturated heterocycles. The molecule has 8 aromatic carbocycles. The monoisotopic (exact) mass is 1370 g/mol. The standard InChI is InChI=1S/C19H14F3N3O2.C19H14F3N3O.C16H10F3N3O2.C16H12F3N3/c20-12-3-1-10(7-13(12)21)2-4-15-11-8-17(14(22)9-16(11)25-24-15)23-18(26)19(27)5-6-19;20-13-5-1-10(7-14(13)21)2-6-16-12-8-18(23-19(26)11-3-4-11)15(22)9-17(12)25-24-16;1-21-15-8-13(19)16(22(23)24)7-10(15)14(20-21)5-3-9-2-4-11(17)12(18)6-9;1-22-16-8-13(19)14(20)7-10(16)15(21-22)5-3-9-2-4-11(17)12(18)6-9/h1-4,7-9,27H,5-6H2,(H,23,26)(H,24,25);1-2,5-9,11H,3-4H2,(H,23,26)(H,24,25);2-8H,1H3;2-8H,20H2,1H3/b4-2+;6-2+;2*5-3+. The molecule has 0 aliphatic heterocycles. The number of hydrogen-bond acceptors (Lipinski definition) is 10. The van der Waals surface area contributed by atoms with Gasteiger partial charge in [0.25, 0.3) is 5.91 Å². The molecule has 2 aliphatic carbocycles. The van der Waals surface area contributed by atoms with E-state index < -0.39 is 91.9 Å². The van der Waals surface area contributed by atoms with Crippen LogP contribution in [0.2, 0.25) is 0 Å². The highest BCUT2D eigenvalue weighted by Gasteiger charge is 2.48. The van der Waals surface area contributed by atoms with Crippen molar-refractivity contribution in [3.8, 4) is 0 Å². The number of rotatable bonds is 13. The number of nitrogens with one attached hydrogen (secondary N) is 4. The van der Waals surface area contributed by atoms with E-state index >= 15 is 0 Å². The van der Waals surface area contributed by atoms with Crippen molar-refractivity contribution in [1.82, 2.24) is 40.0 Å². The highest BCUT2D eigenvalue weighted by Crippen LogP contribution is 2.38. The summed E-state index contributed by atoms with van der Waals surface area (Å²) in [5.74, 6) is -11.1. The van der Waals surface area contributed by atoms with Gasteiger partial charge in [0.15, 0.2) is 46.5 Å². The lowest BCUT2D eigenvalue weighted by molar-refractivity contribution is -0.387. The maximum absolute atomic E-state index is 14.2. The van der Waals surface area contributed by atoms with Gasteiger partial charge in [0.05, 0.1) is 66.8 Å². The van der Waals surface area contributed by atoms with Gasteiger partial charge in [-0.2, -0.15) is 24.8 Å². The van der Waals surface area contributed by atoms with Gasteiger partial charge in [-0.3, -0.25) is 39.3 Å². The minimum atomic E-state index is -1.42. The number of halogens is 12. The summed E-state index contributed by atoms with van der Waals surface area (Å²) in [4.78, 5) is 33.9. The number of H-pyrrole nitrogens is 2. The zero-order valence-electron chi connectivity index (χ0n) is 51.4. The summed E-state index contributed by atoms with van der Waals surface area (Å²) < 4.78 is 163. The number of nitrogens with two attached hydrogens (primary N) is 1. The van der Waals surface area contributed by atoms with E-state index in [1.807, 2.05) is 0 Å². The molecule has 0 atom stereocenters. The number of nitro groups is 1. The van der Waals surface area contributed by atoms with Crippen LogP contribution in [0, 0.1) is 85.8 Å². The fraction of sp³-hybridized carbons (Fsp3) is 0.114. The first kappa shape index (κ1) is 68.3. The van der Waals surface area contributed by atoms with Gasteiger partial charge in [-0.25, -0.2) is 48.3 Å². The van der Waals surface area contributed by atoms with Crippen molar-refractivity contribution in [2.45, 2.75) is 31.3 Å². The first-order valence-corrected chi connectivity index (χ1v) is 29.6. The number of carbonyl (C=O) groups is 2. The molecular weight excluding hydrogens is 1320 g/mol. The number of carbonyl (C=O) groups excluding carboxylic acids is 2. The number of aromatic nitrogens is 8. The normalized spacial score (nSPS) is 13.3. The van der Waals surface area contributed by atoms with Gasteiger partial charge in [0.2, 0.25) is 11.7 Å². The molecule has 17 nitrogen and oxygen atoms in total. The second-order valence-corrected chi connectivity index (χ2v) is 22.7. The zero-order valence-corrected chi connectivity index (χ0v) is 51.4. The lowest BCUT2D eigenvalue weighted by Crippen LogP contribution is -2.29. The summed E-state index contributed by atoms with van der Waals surface area (Å²) in [5.41, 5.74) is 9.01. The average Bonchev–Trinajstić information content (AvgIpc) is 1.69. The summed E-state index contributed by atoms with van der Waals surface area (Å²) >= 11 is 0. The molecule has 4 heterocycles. The molecule has 0 spiro atoms. The lowest BCUT2D eigenvalue weighted by Gasteiger charge is -2.10. The highest BCUT2D eigenvalue weighted by molar-refractivity contribution is 6.02. The van der Waals surface area contributed by atoms with Crippen molar-refractivity contribution in [1.29, 1.82) is 0 Å². The number of nitrogens with zero attached hydrogens (tertiary/aromatic N) is 7. The van der Waals surface area contributed by atoms with E-state index in [1.165, 1.54) is 88.3 Å². The molecule has 29 heteroatoms. The minimum absolute atomic E-state index is 0.0305. The van der Waals surface area contributed by atoms with E-state index in [-0.39, 0.29) is 28.9 Å². The molecule has 7 N–H and O–H groups in total. The molecule has 0 unspecified atom stereocenters. The fourth-order valence-electron chi connectivity index (χ4n) is 9.89. The van der Waals surface area contributed by atoms with Crippen LogP contribution in [0.1, 0.15) is 70.7 Å². The molecular formula is C70H50F12N12O5.